The predicted molar refractivity (Wildman–Crippen MR) is 233 cm³/mol. The molecule has 57 heavy (non-hydrogen) atoms. The summed E-state index contributed by atoms with van der Waals surface area (Å²) in [5, 5.41) is 0. The number of rotatable bonds is 30. The van der Waals surface area contributed by atoms with Crippen molar-refractivity contribution < 1.29 is 28.6 Å². The molecule has 4 aromatic rings. The quantitative estimate of drug-likeness (QED) is 0.0388. The van der Waals surface area contributed by atoms with Crippen LogP contribution >= 0.6 is 0 Å². The van der Waals surface area contributed by atoms with Gasteiger partial charge in [-0.15, -0.1) is 0 Å². The fraction of sp³-hybridized carbons (Fsp3) is 0.471. The summed E-state index contributed by atoms with van der Waals surface area (Å²) >= 11 is 0. The molecule has 4 aromatic carbocycles. The Kier molecular flexibility index (Phi) is 20.7. The van der Waals surface area contributed by atoms with Crippen LogP contribution in [-0.2, 0) is 0 Å². The zero-order valence-electron chi connectivity index (χ0n) is 35.0. The van der Waals surface area contributed by atoms with Crippen LogP contribution in [0.3, 0.4) is 0 Å². The molecule has 0 amide bonds. The molecule has 0 atom stereocenters. The summed E-state index contributed by atoms with van der Waals surface area (Å²) in [5.41, 5.74) is 2.14. The Morgan fingerprint density at radius 1 is 0.316 bits per heavy atom. The molecular weight excluding hydrogens is 709 g/mol. The predicted octanol–water partition coefficient (Wildman–Crippen LogP) is 13.6. The van der Waals surface area contributed by atoms with Crippen LogP contribution < -0.4 is 14.2 Å². The third kappa shape index (κ3) is 16.0. The first-order valence-electron chi connectivity index (χ1n) is 21.9. The maximum Gasteiger partial charge on any atom is 0.193 e. The zero-order valence-corrected chi connectivity index (χ0v) is 35.0. The molecule has 0 heterocycles. The van der Waals surface area contributed by atoms with Crippen molar-refractivity contribution in [2.45, 2.75) is 136 Å². The molecule has 0 aliphatic heterocycles. The largest absolute Gasteiger partial charge is 0.494 e. The topological polar surface area (TPSA) is 78.9 Å². The molecule has 0 saturated carbocycles. The van der Waals surface area contributed by atoms with Gasteiger partial charge in [-0.05, 0) is 110 Å². The molecule has 0 saturated heterocycles. The Morgan fingerprint density at radius 3 is 0.789 bits per heavy atom. The van der Waals surface area contributed by atoms with E-state index < -0.39 is 0 Å². The standard InChI is InChI=1S/C51H66O6/c1-4-7-10-13-16-19-34-55-46-28-22-40(23-29-46)49(52)43-37-44(50(53)41-24-30-47(31-25-41)56-35-20-17-14-11-8-5-2)39-45(38-43)51(54)42-26-32-48(33-27-42)57-36-21-18-15-12-9-6-3/h22-33,37-39H,4-21,34-36H2,1-3H3. The van der Waals surface area contributed by atoms with Gasteiger partial charge < -0.3 is 14.2 Å². The monoisotopic (exact) mass is 774 g/mol. The second-order valence-electron chi connectivity index (χ2n) is 15.2. The normalized spacial score (nSPS) is 11.0. The van der Waals surface area contributed by atoms with Crippen LogP contribution in [-0.4, -0.2) is 37.2 Å². The summed E-state index contributed by atoms with van der Waals surface area (Å²) < 4.78 is 17.8. The highest BCUT2D eigenvalue weighted by Crippen LogP contribution is 2.24. The molecule has 0 bridgehead atoms. The summed E-state index contributed by atoms with van der Waals surface area (Å²) in [6.07, 6.45) is 21.3. The minimum Gasteiger partial charge on any atom is -0.494 e. The maximum atomic E-state index is 14.0. The van der Waals surface area contributed by atoms with Crippen LogP contribution in [0.4, 0.5) is 0 Å². The Bertz CT molecular complexity index is 1540. The van der Waals surface area contributed by atoms with Gasteiger partial charge in [0.25, 0.3) is 0 Å². The highest BCUT2D eigenvalue weighted by Gasteiger charge is 2.20. The SMILES string of the molecule is CCCCCCCCOc1ccc(C(=O)c2cc(C(=O)c3ccc(OCCCCCCCC)cc3)cc(C(=O)c3ccc(OCCCCCCCC)cc3)c2)cc1. The minimum absolute atomic E-state index is 0.266. The van der Waals surface area contributed by atoms with Crippen LogP contribution in [0.2, 0.25) is 0 Å². The van der Waals surface area contributed by atoms with E-state index in [1.807, 2.05) is 0 Å². The summed E-state index contributed by atoms with van der Waals surface area (Å²) in [6, 6.07) is 26.0. The molecule has 0 spiro atoms. The van der Waals surface area contributed by atoms with Gasteiger partial charge in [0.15, 0.2) is 17.3 Å². The lowest BCUT2D eigenvalue weighted by atomic mass is 9.92. The number of unbranched alkanes of at least 4 members (excludes halogenated alkanes) is 15. The first-order chi connectivity index (χ1) is 27.9. The Balaban J connectivity index is 1.47. The van der Waals surface area contributed by atoms with Gasteiger partial charge in [-0.2, -0.15) is 0 Å². The number of ether oxygens (including phenoxy) is 3. The van der Waals surface area contributed by atoms with Crippen LogP contribution in [0.15, 0.2) is 91.0 Å². The van der Waals surface area contributed by atoms with Gasteiger partial charge in [0, 0.05) is 33.4 Å². The van der Waals surface area contributed by atoms with E-state index in [-0.39, 0.29) is 34.0 Å². The van der Waals surface area contributed by atoms with Crippen molar-refractivity contribution in [1.82, 2.24) is 0 Å². The van der Waals surface area contributed by atoms with E-state index >= 15 is 0 Å². The van der Waals surface area contributed by atoms with Crippen molar-refractivity contribution >= 4 is 17.3 Å². The van der Waals surface area contributed by atoms with E-state index in [0.717, 1.165) is 38.5 Å². The zero-order chi connectivity index (χ0) is 40.5. The average Bonchev–Trinajstić information content (AvgIpc) is 3.25. The summed E-state index contributed by atoms with van der Waals surface area (Å²) in [6.45, 7) is 8.54. The molecule has 306 valence electrons. The molecule has 0 aliphatic carbocycles. The van der Waals surface area contributed by atoms with Crippen LogP contribution in [0.1, 0.15) is 184 Å². The van der Waals surface area contributed by atoms with E-state index in [1.165, 1.54) is 77.0 Å². The molecule has 0 unspecified atom stereocenters. The number of carbonyl (C=O) groups excluding carboxylic acids is 3. The number of carbonyl (C=O) groups is 3. The highest BCUT2D eigenvalue weighted by atomic mass is 16.5. The second-order valence-corrected chi connectivity index (χ2v) is 15.2. The molecule has 6 nitrogen and oxygen atoms in total. The van der Waals surface area contributed by atoms with Gasteiger partial charge >= 0.3 is 0 Å². The number of ketones is 3. The van der Waals surface area contributed by atoms with Crippen molar-refractivity contribution in [2.24, 2.45) is 0 Å². The van der Waals surface area contributed by atoms with Crippen molar-refractivity contribution in [1.29, 1.82) is 0 Å². The number of benzene rings is 4. The van der Waals surface area contributed by atoms with Crippen LogP contribution in [0, 0.1) is 0 Å². The van der Waals surface area contributed by atoms with Crippen molar-refractivity contribution in [3.63, 3.8) is 0 Å². The van der Waals surface area contributed by atoms with Crippen LogP contribution in [0.5, 0.6) is 17.2 Å². The van der Waals surface area contributed by atoms with Gasteiger partial charge in [-0.3, -0.25) is 14.4 Å². The fourth-order valence-electron chi connectivity index (χ4n) is 6.85. The lowest BCUT2D eigenvalue weighted by molar-refractivity contribution is 0.103. The van der Waals surface area contributed by atoms with Gasteiger partial charge in [-0.25, -0.2) is 0 Å². The Hall–Kier alpha value is -4.71. The average molecular weight is 775 g/mol. The number of hydrogen-bond donors (Lipinski definition) is 0. The third-order valence-corrected chi connectivity index (χ3v) is 10.4. The fourth-order valence-corrected chi connectivity index (χ4v) is 6.85. The van der Waals surface area contributed by atoms with Gasteiger partial charge in [0.2, 0.25) is 0 Å². The smallest absolute Gasteiger partial charge is 0.193 e. The van der Waals surface area contributed by atoms with E-state index in [2.05, 4.69) is 20.8 Å². The Labute approximate surface area is 342 Å². The van der Waals surface area contributed by atoms with Crippen molar-refractivity contribution in [3.05, 3.63) is 124 Å². The highest BCUT2D eigenvalue weighted by molar-refractivity contribution is 6.17. The maximum absolute atomic E-state index is 14.0. The van der Waals surface area contributed by atoms with Crippen LogP contribution in [0.25, 0.3) is 0 Å². The first kappa shape index (κ1) is 45.0. The first-order valence-corrected chi connectivity index (χ1v) is 21.9. The van der Waals surface area contributed by atoms with Gasteiger partial charge in [-0.1, -0.05) is 117 Å². The summed E-state index contributed by atoms with van der Waals surface area (Å²) in [4.78, 5) is 41.9. The van der Waals surface area contributed by atoms with E-state index in [9.17, 15) is 14.4 Å². The number of hydrogen-bond acceptors (Lipinski definition) is 6. The summed E-state index contributed by atoms with van der Waals surface area (Å²) in [7, 11) is 0. The molecule has 0 aliphatic rings. The molecular formula is C51H66O6. The third-order valence-electron chi connectivity index (χ3n) is 10.4. The lowest BCUT2D eigenvalue weighted by Gasteiger charge is -2.11. The van der Waals surface area contributed by atoms with Gasteiger partial charge in [0.1, 0.15) is 17.2 Å². The molecule has 0 fully saturated rings. The molecule has 0 aromatic heterocycles. The summed E-state index contributed by atoms with van der Waals surface area (Å²) in [5.74, 6) is 1.28. The van der Waals surface area contributed by atoms with E-state index in [4.69, 9.17) is 14.2 Å². The molecule has 4 rings (SSSR count). The van der Waals surface area contributed by atoms with Crippen molar-refractivity contribution in [2.75, 3.05) is 19.8 Å². The molecule has 0 N–H and O–H groups in total. The Morgan fingerprint density at radius 2 is 0.544 bits per heavy atom. The molecule has 0 radical (unpaired) electrons. The molecule has 6 heteroatoms. The second kappa shape index (κ2) is 26.3. The lowest BCUT2D eigenvalue weighted by Crippen LogP contribution is -2.11. The van der Waals surface area contributed by atoms with E-state index in [0.29, 0.717) is 53.8 Å². The minimum atomic E-state index is -0.280. The van der Waals surface area contributed by atoms with Gasteiger partial charge in [0.05, 0.1) is 19.8 Å². The van der Waals surface area contributed by atoms with E-state index in [1.54, 1.807) is 91.0 Å². The van der Waals surface area contributed by atoms with Crippen molar-refractivity contribution in [3.8, 4) is 17.2 Å².